The summed E-state index contributed by atoms with van der Waals surface area (Å²) in [4.78, 5) is 26.2. The lowest BCUT2D eigenvalue weighted by Crippen LogP contribution is -2.29. The molecule has 1 aliphatic heterocycles. The zero-order valence-electron chi connectivity index (χ0n) is 13.8. The summed E-state index contributed by atoms with van der Waals surface area (Å²) in [5, 5.41) is 1.24. The molecule has 2 aromatic heterocycles. The first-order valence-corrected chi connectivity index (χ1v) is 8.37. The Morgan fingerprint density at radius 3 is 2.68 bits per heavy atom. The molecule has 0 N–H and O–H groups in total. The molecule has 5 heteroatoms. The third-order valence-electron chi connectivity index (χ3n) is 5.14. The van der Waals surface area contributed by atoms with E-state index in [9.17, 15) is 9.59 Å². The van der Waals surface area contributed by atoms with Crippen molar-refractivity contribution in [1.82, 2.24) is 8.97 Å². The normalized spacial score (nSPS) is 13.6. The highest BCUT2D eigenvalue weighted by Crippen LogP contribution is 2.27. The number of aromatic nitrogens is 2. The van der Waals surface area contributed by atoms with Gasteiger partial charge in [-0.15, -0.1) is 0 Å². The maximum absolute atomic E-state index is 13.3. The van der Waals surface area contributed by atoms with Gasteiger partial charge < -0.3 is 9.30 Å². The molecule has 0 atom stereocenters. The Balaban J connectivity index is 2.17. The second kappa shape index (κ2) is 4.96. The van der Waals surface area contributed by atoms with E-state index in [0.717, 1.165) is 29.7 Å². The minimum absolute atomic E-state index is 0.0331. The Kier molecular flexibility index (Phi) is 2.83. The molecule has 0 aliphatic carbocycles. The van der Waals surface area contributed by atoms with E-state index in [1.165, 1.54) is 0 Å². The van der Waals surface area contributed by atoms with Crippen molar-refractivity contribution in [3.63, 3.8) is 0 Å². The van der Waals surface area contributed by atoms with Crippen LogP contribution in [-0.4, -0.2) is 16.1 Å². The van der Waals surface area contributed by atoms with E-state index in [2.05, 4.69) is 4.57 Å². The van der Waals surface area contributed by atoms with Crippen LogP contribution in [0.25, 0.3) is 27.5 Å². The Bertz CT molecular complexity index is 1300. The van der Waals surface area contributed by atoms with Crippen molar-refractivity contribution in [2.45, 2.75) is 19.4 Å². The van der Waals surface area contributed by atoms with Crippen molar-refractivity contribution >= 4 is 27.5 Å². The van der Waals surface area contributed by atoms with E-state index in [0.29, 0.717) is 28.5 Å². The number of nitrogens with zero attached hydrogens (tertiary/aromatic N) is 2. The van der Waals surface area contributed by atoms with Crippen LogP contribution < -0.4 is 15.7 Å². The first-order chi connectivity index (χ1) is 12.2. The van der Waals surface area contributed by atoms with E-state index in [-0.39, 0.29) is 11.0 Å². The number of hydrogen-bond acceptors (Lipinski definition) is 3. The minimum atomic E-state index is -0.0942. The summed E-state index contributed by atoms with van der Waals surface area (Å²) in [7, 11) is 1.61. The second-order valence-corrected chi connectivity index (χ2v) is 6.43. The van der Waals surface area contributed by atoms with Gasteiger partial charge in [-0.2, -0.15) is 0 Å². The van der Waals surface area contributed by atoms with Crippen molar-refractivity contribution in [2.24, 2.45) is 0 Å². The van der Waals surface area contributed by atoms with Gasteiger partial charge >= 0.3 is 0 Å². The van der Waals surface area contributed by atoms with Gasteiger partial charge in [0.25, 0.3) is 5.56 Å². The van der Waals surface area contributed by atoms with Crippen molar-refractivity contribution < 1.29 is 4.74 Å². The number of ether oxygens (including phenoxy) is 1. The van der Waals surface area contributed by atoms with Gasteiger partial charge in [-0.25, -0.2) is 0 Å². The van der Waals surface area contributed by atoms with Crippen LogP contribution in [0.2, 0.25) is 0 Å². The molecule has 25 heavy (non-hydrogen) atoms. The average Bonchev–Trinajstić information content (AvgIpc) is 2.67. The molecular formula is C20H16N2O3. The zero-order valence-corrected chi connectivity index (χ0v) is 13.8. The van der Waals surface area contributed by atoms with Crippen molar-refractivity contribution in [3.8, 4) is 5.75 Å². The SMILES string of the molecule is COc1ccc2c(=O)n3c4ccccc4c(=O)c4c3n(c2c1)CCC4. The molecule has 0 spiro atoms. The molecule has 5 rings (SSSR count). The fourth-order valence-electron chi connectivity index (χ4n) is 4.01. The van der Waals surface area contributed by atoms with Crippen LogP contribution in [0.3, 0.4) is 0 Å². The highest BCUT2D eigenvalue weighted by molar-refractivity contribution is 5.89. The van der Waals surface area contributed by atoms with Crippen LogP contribution in [-0.2, 0) is 13.0 Å². The molecular weight excluding hydrogens is 316 g/mol. The quantitative estimate of drug-likeness (QED) is 0.398. The summed E-state index contributed by atoms with van der Waals surface area (Å²) in [6, 6.07) is 12.8. The zero-order chi connectivity index (χ0) is 17.1. The topological polar surface area (TPSA) is 52.7 Å². The number of benzene rings is 2. The van der Waals surface area contributed by atoms with E-state index in [4.69, 9.17) is 4.74 Å². The number of hydrogen-bond donors (Lipinski definition) is 0. The van der Waals surface area contributed by atoms with E-state index in [1.54, 1.807) is 29.7 Å². The molecule has 5 nitrogen and oxygen atoms in total. The largest absolute Gasteiger partial charge is 0.497 e. The second-order valence-electron chi connectivity index (χ2n) is 6.43. The number of pyridine rings is 1. The number of fused-ring (bicyclic) bond motifs is 4. The van der Waals surface area contributed by atoms with Gasteiger partial charge in [-0.1, -0.05) is 12.1 Å². The molecule has 0 unspecified atom stereocenters. The fraction of sp³-hybridized carbons (Fsp3) is 0.200. The molecule has 0 radical (unpaired) electrons. The van der Waals surface area contributed by atoms with Gasteiger partial charge in [0, 0.05) is 23.6 Å². The summed E-state index contributed by atoms with van der Waals surface area (Å²) in [6.07, 6.45) is 1.58. The van der Waals surface area contributed by atoms with Crippen LogP contribution in [0.1, 0.15) is 12.0 Å². The maximum atomic E-state index is 13.3. The average molecular weight is 332 g/mol. The molecule has 4 aromatic rings. The van der Waals surface area contributed by atoms with Gasteiger partial charge in [0.05, 0.1) is 23.5 Å². The van der Waals surface area contributed by atoms with E-state index < -0.39 is 0 Å². The predicted octanol–water partition coefficient (Wildman–Crippen LogP) is 2.72. The predicted molar refractivity (Wildman–Crippen MR) is 97.8 cm³/mol. The van der Waals surface area contributed by atoms with Gasteiger partial charge in [-0.05, 0) is 37.1 Å². The lowest BCUT2D eigenvalue weighted by Gasteiger charge is -2.23. The fourth-order valence-corrected chi connectivity index (χ4v) is 4.01. The van der Waals surface area contributed by atoms with Crippen molar-refractivity contribution in [3.05, 3.63) is 68.6 Å². The van der Waals surface area contributed by atoms with E-state index in [1.807, 2.05) is 24.3 Å². The lowest BCUT2D eigenvalue weighted by molar-refractivity contribution is 0.415. The number of rotatable bonds is 1. The first kappa shape index (κ1) is 14.3. The summed E-state index contributed by atoms with van der Waals surface area (Å²) in [6.45, 7) is 0.776. The van der Waals surface area contributed by atoms with Crippen LogP contribution >= 0.6 is 0 Å². The van der Waals surface area contributed by atoms with Crippen LogP contribution in [0.15, 0.2) is 52.1 Å². The highest BCUT2D eigenvalue weighted by atomic mass is 16.5. The Hall–Kier alpha value is -3.08. The minimum Gasteiger partial charge on any atom is -0.497 e. The maximum Gasteiger partial charge on any atom is 0.266 e. The van der Waals surface area contributed by atoms with Crippen molar-refractivity contribution in [1.29, 1.82) is 0 Å². The molecule has 1 aliphatic rings. The highest BCUT2D eigenvalue weighted by Gasteiger charge is 2.22. The molecule has 0 fully saturated rings. The number of methoxy groups -OCH3 is 1. The monoisotopic (exact) mass is 332 g/mol. The molecule has 124 valence electrons. The van der Waals surface area contributed by atoms with Crippen LogP contribution in [0.5, 0.6) is 5.75 Å². The number of para-hydroxylation sites is 1. The molecule has 0 amide bonds. The number of aryl methyl sites for hydroxylation is 2. The van der Waals surface area contributed by atoms with Crippen LogP contribution in [0, 0.1) is 0 Å². The van der Waals surface area contributed by atoms with Crippen LogP contribution in [0.4, 0.5) is 0 Å². The third-order valence-corrected chi connectivity index (χ3v) is 5.14. The summed E-state index contributed by atoms with van der Waals surface area (Å²) in [5.41, 5.74) is 2.88. The Morgan fingerprint density at radius 2 is 1.84 bits per heavy atom. The van der Waals surface area contributed by atoms with Gasteiger partial charge in [0.2, 0.25) is 0 Å². The first-order valence-electron chi connectivity index (χ1n) is 8.37. The van der Waals surface area contributed by atoms with Gasteiger partial charge in [0.1, 0.15) is 11.4 Å². The molecule has 3 heterocycles. The molecule has 0 bridgehead atoms. The Labute approximate surface area is 142 Å². The van der Waals surface area contributed by atoms with E-state index >= 15 is 0 Å². The summed E-state index contributed by atoms with van der Waals surface area (Å²) < 4.78 is 9.13. The molecule has 0 saturated carbocycles. The lowest BCUT2D eigenvalue weighted by atomic mass is 10.0. The molecule has 0 saturated heterocycles. The summed E-state index contributed by atoms with van der Waals surface area (Å²) in [5.74, 6) is 0.704. The third kappa shape index (κ3) is 1.78. The molecule has 2 aromatic carbocycles. The smallest absolute Gasteiger partial charge is 0.266 e. The van der Waals surface area contributed by atoms with Gasteiger partial charge in [-0.3, -0.25) is 14.0 Å². The Morgan fingerprint density at radius 1 is 1.00 bits per heavy atom. The van der Waals surface area contributed by atoms with Gasteiger partial charge in [0.15, 0.2) is 5.43 Å². The summed E-state index contributed by atoms with van der Waals surface area (Å²) >= 11 is 0. The van der Waals surface area contributed by atoms with Crippen molar-refractivity contribution in [2.75, 3.05) is 7.11 Å². The standard InChI is InChI=1S/C20H16N2O3/c1-25-12-8-9-14-17(11-12)21-10-4-6-15-18(23)13-5-2-3-7-16(13)22(19(15)21)20(14)24/h2-3,5,7-9,11H,4,6,10H2,1H3.